The number of halogens is 1. The van der Waals surface area contributed by atoms with Crippen molar-refractivity contribution in [1.29, 1.82) is 0 Å². The van der Waals surface area contributed by atoms with E-state index in [1.54, 1.807) is 0 Å². The molecule has 1 saturated heterocycles. The number of rotatable bonds is 6. The Bertz CT molecular complexity index is 1200. The van der Waals surface area contributed by atoms with Crippen molar-refractivity contribution in [2.75, 3.05) is 5.73 Å². The van der Waals surface area contributed by atoms with Gasteiger partial charge in [0.1, 0.15) is 30.2 Å². The van der Waals surface area contributed by atoms with Crippen molar-refractivity contribution in [3.8, 4) is 0 Å². The molecule has 0 radical (unpaired) electrons. The van der Waals surface area contributed by atoms with Crippen LogP contribution in [0, 0.1) is 0 Å². The number of anilines is 1. The smallest absolute Gasteiger partial charge is 0.387 e. The second-order valence-electron chi connectivity index (χ2n) is 6.94. The minimum atomic E-state index is -5.21. The fourth-order valence-corrected chi connectivity index (χ4v) is 4.04. The molecule has 2 aromatic heterocycles. The Morgan fingerprint density at radius 1 is 1.19 bits per heavy atom. The van der Waals surface area contributed by atoms with Gasteiger partial charge < -0.3 is 30.5 Å². The van der Waals surface area contributed by atoms with Gasteiger partial charge in [-0.1, -0.05) is 11.6 Å². The third kappa shape index (κ3) is 4.25. The number of aliphatic hydroxyl groups excluding tert-OH is 2. The Kier molecular flexibility index (Phi) is 6.00. The number of benzene rings is 1. The topological polar surface area (TPSA) is 203 Å². The van der Waals surface area contributed by atoms with E-state index < -0.39 is 44.2 Å². The molecular formula is C17H17ClN5O8P. The highest BCUT2D eigenvalue weighted by molar-refractivity contribution is 7.46. The number of carbonyl (C=O) groups is 1. The Balaban J connectivity index is 1.70. The number of phosphoric ester groups is 1. The molecule has 1 fully saturated rings. The summed E-state index contributed by atoms with van der Waals surface area (Å²) in [4.78, 5) is 43.5. The quantitative estimate of drug-likeness (QED) is 0.232. The van der Waals surface area contributed by atoms with Gasteiger partial charge in [-0.25, -0.2) is 19.5 Å². The summed E-state index contributed by atoms with van der Waals surface area (Å²) in [6.45, 7) is 0. The van der Waals surface area contributed by atoms with Gasteiger partial charge in [0.05, 0.1) is 6.33 Å². The molecule has 1 aliphatic heterocycles. The molecule has 4 rings (SSSR count). The minimum absolute atomic E-state index is 0.00446. The molecule has 0 saturated carbocycles. The summed E-state index contributed by atoms with van der Waals surface area (Å²) in [6.07, 6.45) is -5.93. The lowest BCUT2D eigenvalue weighted by molar-refractivity contribution is -0.0709. The van der Waals surface area contributed by atoms with Gasteiger partial charge in [0.15, 0.2) is 29.6 Å². The largest absolute Gasteiger partial charge is 0.470 e. The molecule has 15 heteroatoms. The third-order valence-corrected chi connectivity index (χ3v) is 5.63. The van der Waals surface area contributed by atoms with E-state index in [2.05, 4.69) is 19.5 Å². The van der Waals surface area contributed by atoms with Crippen LogP contribution >= 0.6 is 19.4 Å². The molecule has 0 bridgehead atoms. The first-order valence-electron chi connectivity index (χ1n) is 9.05. The predicted octanol–water partition coefficient (Wildman–Crippen LogP) is 0.0419. The van der Waals surface area contributed by atoms with Crippen molar-refractivity contribution in [2.24, 2.45) is 0 Å². The number of imidazole rings is 1. The van der Waals surface area contributed by atoms with Gasteiger partial charge in [0, 0.05) is 10.6 Å². The highest BCUT2D eigenvalue weighted by atomic mass is 35.5. The van der Waals surface area contributed by atoms with Gasteiger partial charge in [0.25, 0.3) is 0 Å². The summed E-state index contributed by atoms with van der Waals surface area (Å²) in [5.41, 5.74) is 6.13. The Morgan fingerprint density at radius 2 is 1.88 bits per heavy atom. The van der Waals surface area contributed by atoms with E-state index >= 15 is 0 Å². The summed E-state index contributed by atoms with van der Waals surface area (Å²) >= 11 is 5.81. The molecule has 170 valence electrons. The van der Waals surface area contributed by atoms with Gasteiger partial charge >= 0.3 is 7.82 Å². The summed E-state index contributed by atoms with van der Waals surface area (Å²) in [5.74, 6) is -0.831. The molecule has 1 aromatic carbocycles. The molecule has 3 heterocycles. The molecule has 1 aliphatic rings. The summed E-state index contributed by atoms with van der Waals surface area (Å²) in [5, 5.41) is 21.5. The van der Waals surface area contributed by atoms with Crippen molar-refractivity contribution >= 4 is 42.2 Å². The first-order chi connectivity index (χ1) is 15.1. The lowest BCUT2D eigenvalue weighted by Gasteiger charge is -2.25. The number of aliphatic hydroxyl groups is 2. The first kappa shape index (κ1) is 22.7. The van der Waals surface area contributed by atoms with Crippen molar-refractivity contribution < 1.29 is 38.6 Å². The number of hydrogen-bond acceptors (Lipinski definition) is 10. The van der Waals surface area contributed by atoms with E-state index in [-0.39, 0.29) is 22.5 Å². The van der Waals surface area contributed by atoms with E-state index in [1.807, 2.05) is 0 Å². The highest BCUT2D eigenvalue weighted by Crippen LogP contribution is 2.43. The Labute approximate surface area is 184 Å². The van der Waals surface area contributed by atoms with Crippen LogP contribution < -0.4 is 5.73 Å². The zero-order valence-corrected chi connectivity index (χ0v) is 17.6. The van der Waals surface area contributed by atoms with Crippen molar-refractivity contribution in [3.05, 3.63) is 47.5 Å². The molecule has 5 atom stereocenters. The number of nitrogen functional groups attached to an aromatic ring is 1. The Morgan fingerprint density at radius 3 is 2.53 bits per heavy atom. The van der Waals surface area contributed by atoms with Gasteiger partial charge in [-0.2, -0.15) is 0 Å². The number of ether oxygens (including phenoxy) is 1. The second kappa shape index (κ2) is 8.46. The summed E-state index contributed by atoms with van der Waals surface area (Å²) < 4.78 is 23.1. The lowest BCUT2D eigenvalue weighted by Crippen LogP contribution is -2.44. The minimum Gasteiger partial charge on any atom is -0.387 e. The van der Waals surface area contributed by atoms with Crippen LogP contribution in [-0.4, -0.2) is 69.7 Å². The van der Waals surface area contributed by atoms with E-state index in [0.717, 1.165) is 6.33 Å². The summed E-state index contributed by atoms with van der Waals surface area (Å²) in [7, 11) is -5.21. The van der Waals surface area contributed by atoms with E-state index in [9.17, 15) is 29.4 Å². The van der Waals surface area contributed by atoms with E-state index in [1.165, 1.54) is 35.2 Å². The first-order valence-corrected chi connectivity index (χ1v) is 11.0. The van der Waals surface area contributed by atoms with Crippen molar-refractivity contribution in [1.82, 2.24) is 19.5 Å². The van der Waals surface area contributed by atoms with Gasteiger partial charge in [0.2, 0.25) is 0 Å². The average molecular weight is 486 g/mol. The standard InChI is InChI=1S/C17H17ClN5O8P/c18-8-3-1-7(2-4-8)10(24)14(31-32(27,28)29)13-11(25)12(26)17(30-13)23-6-22-9-15(19)20-5-21-16(9)23/h1-6,11-14,17,25-26H,(H2,19,20,21)(H2,27,28,29)/t11-,12+,13-,14?,17+/m0/s1. The maximum absolute atomic E-state index is 13.0. The maximum Gasteiger partial charge on any atom is 0.470 e. The van der Waals surface area contributed by atoms with Crippen LogP contribution in [0.1, 0.15) is 16.6 Å². The summed E-state index contributed by atoms with van der Waals surface area (Å²) in [6, 6.07) is 5.43. The van der Waals surface area contributed by atoms with Gasteiger partial charge in [-0.15, -0.1) is 0 Å². The Hall–Kier alpha value is -2.48. The van der Waals surface area contributed by atoms with Crippen LogP contribution in [0.4, 0.5) is 5.82 Å². The van der Waals surface area contributed by atoms with Crippen molar-refractivity contribution in [2.45, 2.75) is 30.6 Å². The highest BCUT2D eigenvalue weighted by Gasteiger charge is 2.51. The number of hydrogen-bond donors (Lipinski definition) is 5. The van der Waals surface area contributed by atoms with Crippen LogP contribution in [0.5, 0.6) is 0 Å². The molecular weight excluding hydrogens is 469 g/mol. The van der Waals surface area contributed by atoms with Gasteiger partial charge in [-0.05, 0) is 24.3 Å². The van der Waals surface area contributed by atoms with Crippen molar-refractivity contribution in [3.63, 3.8) is 0 Å². The van der Waals surface area contributed by atoms with Crippen LogP contribution in [0.25, 0.3) is 11.2 Å². The molecule has 13 nitrogen and oxygen atoms in total. The number of carbonyl (C=O) groups excluding carboxylic acids is 1. The lowest BCUT2D eigenvalue weighted by atomic mass is 9.98. The maximum atomic E-state index is 13.0. The van der Waals surface area contributed by atoms with E-state index in [4.69, 9.17) is 22.1 Å². The molecule has 0 spiro atoms. The fourth-order valence-electron chi connectivity index (χ4n) is 3.41. The molecule has 32 heavy (non-hydrogen) atoms. The molecule has 0 amide bonds. The van der Waals surface area contributed by atoms with Crippen LogP contribution in [0.15, 0.2) is 36.9 Å². The second-order valence-corrected chi connectivity index (χ2v) is 8.57. The normalized spacial score (nSPS) is 24.7. The van der Waals surface area contributed by atoms with Crippen LogP contribution in [0.2, 0.25) is 5.02 Å². The number of nitrogens with zero attached hydrogens (tertiary/aromatic N) is 4. The number of Topliss-reactive ketones (excluding diaryl/α,β-unsaturated/α-hetero) is 1. The molecule has 0 aliphatic carbocycles. The molecule has 6 N–H and O–H groups in total. The van der Waals surface area contributed by atoms with Gasteiger partial charge in [-0.3, -0.25) is 13.9 Å². The number of nitrogens with two attached hydrogens (primary N) is 1. The number of phosphoric acid groups is 1. The average Bonchev–Trinajstić information content (AvgIpc) is 3.28. The fraction of sp³-hybridized carbons (Fsp3) is 0.294. The number of ketones is 1. The zero-order valence-electron chi connectivity index (χ0n) is 16.0. The van der Waals surface area contributed by atoms with E-state index in [0.29, 0.717) is 5.02 Å². The number of aromatic nitrogens is 4. The monoisotopic (exact) mass is 485 g/mol. The zero-order chi connectivity index (χ0) is 23.2. The molecule has 1 unspecified atom stereocenters. The SMILES string of the molecule is Nc1ncnc2c1ncn2[C@@H]1O[C@H](C(OP(=O)(O)O)C(=O)c2ccc(Cl)cc2)[C@@H](O)[C@H]1O. The van der Waals surface area contributed by atoms with Crippen LogP contribution in [0.3, 0.4) is 0 Å². The van der Waals surface area contributed by atoms with Crippen LogP contribution in [-0.2, 0) is 13.8 Å². The predicted molar refractivity (Wildman–Crippen MR) is 108 cm³/mol. The molecule has 3 aromatic rings. The third-order valence-electron chi connectivity index (χ3n) is 4.87. The number of fused-ring (bicyclic) bond motifs is 1.